The second-order valence-electron chi connectivity index (χ2n) is 5.79. The molecule has 0 N–H and O–H groups in total. The summed E-state index contributed by atoms with van der Waals surface area (Å²) >= 11 is 0. The van der Waals surface area contributed by atoms with Crippen LogP contribution in [0.1, 0.15) is 57.3 Å². The normalized spacial score (nSPS) is 13.4. The van der Waals surface area contributed by atoms with Gasteiger partial charge in [-0.2, -0.15) is 0 Å². The van der Waals surface area contributed by atoms with E-state index < -0.39 is 0 Å². The van der Waals surface area contributed by atoms with Gasteiger partial charge in [0.15, 0.2) is 5.78 Å². The van der Waals surface area contributed by atoms with Gasteiger partial charge in [0.25, 0.3) is 0 Å². The Kier molecular flexibility index (Phi) is 4.92. The maximum Gasteiger partial charge on any atom is 0.166 e. The number of Topliss-reactive ketones (excluding diaryl/α,β-unsaturated/α-hetero) is 1. The molecule has 0 aliphatic carbocycles. The van der Waals surface area contributed by atoms with Crippen molar-refractivity contribution in [1.82, 2.24) is 0 Å². The first-order valence-electron chi connectivity index (χ1n) is 6.56. The first-order valence-corrected chi connectivity index (χ1v) is 6.56. The highest BCUT2D eigenvalue weighted by Gasteiger charge is 2.30. The van der Waals surface area contributed by atoms with Crippen LogP contribution in [0.25, 0.3) is 0 Å². The Morgan fingerprint density at radius 1 is 1.18 bits per heavy atom. The van der Waals surface area contributed by atoms with Crippen molar-refractivity contribution >= 4 is 5.78 Å². The van der Waals surface area contributed by atoms with Crippen LogP contribution < -0.4 is 0 Å². The summed E-state index contributed by atoms with van der Waals surface area (Å²) in [6.07, 6.45) is 3.27. The average molecular weight is 232 g/mol. The maximum atomic E-state index is 12.5. The van der Waals surface area contributed by atoms with Gasteiger partial charge in [-0.3, -0.25) is 4.79 Å². The predicted molar refractivity (Wildman–Crippen MR) is 73.2 cm³/mol. The molecule has 1 aromatic rings. The molecule has 1 aromatic carbocycles. The number of unbranched alkanes of at least 4 members (excludes halogenated alkanes) is 1. The van der Waals surface area contributed by atoms with Gasteiger partial charge in [0, 0.05) is 11.5 Å². The summed E-state index contributed by atoms with van der Waals surface area (Å²) in [5.41, 5.74) is 0.894. The van der Waals surface area contributed by atoms with E-state index >= 15 is 0 Å². The highest BCUT2D eigenvalue weighted by atomic mass is 16.1. The fraction of sp³-hybridized carbons (Fsp3) is 0.562. The second kappa shape index (κ2) is 6.00. The van der Waals surface area contributed by atoms with Crippen LogP contribution in [0.15, 0.2) is 30.3 Å². The third kappa shape index (κ3) is 3.99. The molecule has 0 amide bonds. The minimum absolute atomic E-state index is 0.0437. The number of carbonyl (C=O) groups is 1. The number of benzene rings is 1. The van der Waals surface area contributed by atoms with Gasteiger partial charge in [0.1, 0.15) is 0 Å². The zero-order chi connectivity index (χ0) is 12.9. The molecular formula is C16H24O. The summed E-state index contributed by atoms with van der Waals surface area (Å²) in [5, 5.41) is 0. The topological polar surface area (TPSA) is 17.1 Å². The van der Waals surface area contributed by atoms with Crippen LogP contribution in [0.2, 0.25) is 0 Å². The molecule has 1 rings (SSSR count). The van der Waals surface area contributed by atoms with Crippen LogP contribution in [0.3, 0.4) is 0 Å². The standard InChI is InChI=1S/C16H24O/c1-5-6-12-14(16(2,3)4)15(17)13-10-8-7-9-11-13/h7-11,14H,5-6,12H2,1-4H3. The first kappa shape index (κ1) is 14.0. The highest BCUT2D eigenvalue weighted by molar-refractivity contribution is 5.98. The fourth-order valence-electron chi connectivity index (χ4n) is 2.17. The van der Waals surface area contributed by atoms with Gasteiger partial charge >= 0.3 is 0 Å². The van der Waals surface area contributed by atoms with Crippen LogP contribution in [0.4, 0.5) is 0 Å². The summed E-state index contributed by atoms with van der Waals surface area (Å²) in [5.74, 6) is 0.427. The van der Waals surface area contributed by atoms with E-state index in [9.17, 15) is 4.79 Å². The van der Waals surface area contributed by atoms with Crippen molar-refractivity contribution in [3.63, 3.8) is 0 Å². The summed E-state index contributed by atoms with van der Waals surface area (Å²) in [7, 11) is 0. The maximum absolute atomic E-state index is 12.5. The molecule has 0 saturated carbocycles. The molecule has 1 nitrogen and oxygen atoms in total. The number of carbonyl (C=O) groups excluding carboxylic acids is 1. The molecule has 0 aromatic heterocycles. The molecular weight excluding hydrogens is 208 g/mol. The third-order valence-electron chi connectivity index (χ3n) is 3.27. The van der Waals surface area contributed by atoms with Crippen molar-refractivity contribution in [1.29, 1.82) is 0 Å². The molecule has 1 unspecified atom stereocenters. The van der Waals surface area contributed by atoms with E-state index in [1.807, 2.05) is 30.3 Å². The minimum Gasteiger partial charge on any atom is -0.294 e. The first-order chi connectivity index (χ1) is 7.96. The molecule has 0 spiro atoms. The van der Waals surface area contributed by atoms with E-state index in [0.717, 1.165) is 24.8 Å². The monoisotopic (exact) mass is 232 g/mol. The molecule has 0 aliphatic rings. The van der Waals surface area contributed by atoms with Crippen molar-refractivity contribution in [2.45, 2.75) is 47.0 Å². The van der Waals surface area contributed by atoms with Crippen LogP contribution >= 0.6 is 0 Å². The smallest absolute Gasteiger partial charge is 0.166 e. The summed E-state index contributed by atoms with van der Waals surface area (Å²) in [4.78, 5) is 12.5. The second-order valence-corrected chi connectivity index (χ2v) is 5.79. The fourth-order valence-corrected chi connectivity index (χ4v) is 2.17. The summed E-state index contributed by atoms with van der Waals surface area (Å²) in [6, 6.07) is 9.68. The molecule has 0 radical (unpaired) electrons. The molecule has 17 heavy (non-hydrogen) atoms. The number of hydrogen-bond donors (Lipinski definition) is 0. The van der Waals surface area contributed by atoms with Crippen molar-refractivity contribution < 1.29 is 4.79 Å². The highest BCUT2D eigenvalue weighted by Crippen LogP contribution is 2.33. The SMILES string of the molecule is CCCCC(C(=O)c1ccccc1)C(C)(C)C. The Balaban J connectivity index is 2.87. The van der Waals surface area contributed by atoms with E-state index in [4.69, 9.17) is 0 Å². The number of ketones is 1. The van der Waals surface area contributed by atoms with E-state index in [1.165, 1.54) is 0 Å². The molecule has 0 heterocycles. The molecule has 0 aliphatic heterocycles. The van der Waals surface area contributed by atoms with Gasteiger partial charge in [-0.1, -0.05) is 70.9 Å². The molecule has 1 heteroatoms. The van der Waals surface area contributed by atoms with Crippen LogP contribution in [-0.2, 0) is 0 Å². The van der Waals surface area contributed by atoms with E-state index in [1.54, 1.807) is 0 Å². The Morgan fingerprint density at radius 3 is 2.24 bits per heavy atom. The van der Waals surface area contributed by atoms with Gasteiger partial charge in [-0.05, 0) is 11.8 Å². The lowest BCUT2D eigenvalue weighted by Crippen LogP contribution is -2.28. The van der Waals surface area contributed by atoms with Crippen molar-refractivity contribution in [2.75, 3.05) is 0 Å². The Labute approximate surface area is 105 Å². The Bertz CT molecular complexity index is 346. The molecule has 94 valence electrons. The van der Waals surface area contributed by atoms with Crippen LogP contribution in [0, 0.1) is 11.3 Å². The predicted octanol–water partition coefficient (Wildman–Crippen LogP) is 4.72. The summed E-state index contributed by atoms with van der Waals surface area (Å²) in [6.45, 7) is 8.66. The van der Waals surface area contributed by atoms with Gasteiger partial charge in [-0.25, -0.2) is 0 Å². The lowest BCUT2D eigenvalue weighted by molar-refractivity contribution is 0.0800. The number of hydrogen-bond acceptors (Lipinski definition) is 1. The largest absolute Gasteiger partial charge is 0.294 e. The van der Waals surface area contributed by atoms with Crippen molar-refractivity contribution in [3.8, 4) is 0 Å². The van der Waals surface area contributed by atoms with Gasteiger partial charge in [0.05, 0.1) is 0 Å². The van der Waals surface area contributed by atoms with Crippen LogP contribution in [0.5, 0.6) is 0 Å². The summed E-state index contributed by atoms with van der Waals surface area (Å²) < 4.78 is 0. The van der Waals surface area contributed by atoms with Crippen LogP contribution in [-0.4, -0.2) is 5.78 Å². The molecule has 0 fully saturated rings. The third-order valence-corrected chi connectivity index (χ3v) is 3.27. The van der Waals surface area contributed by atoms with E-state index in [0.29, 0.717) is 5.78 Å². The molecule has 1 atom stereocenters. The van der Waals surface area contributed by atoms with Crippen molar-refractivity contribution in [2.24, 2.45) is 11.3 Å². The zero-order valence-corrected chi connectivity index (χ0v) is 11.5. The molecule has 0 saturated heterocycles. The van der Waals surface area contributed by atoms with Gasteiger partial charge in [0.2, 0.25) is 0 Å². The average Bonchev–Trinajstić information content (AvgIpc) is 2.29. The number of rotatable bonds is 5. The van der Waals surface area contributed by atoms with E-state index in [2.05, 4.69) is 27.7 Å². The zero-order valence-electron chi connectivity index (χ0n) is 11.5. The lowest BCUT2D eigenvalue weighted by atomic mass is 9.74. The Morgan fingerprint density at radius 2 is 1.76 bits per heavy atom. The van der Waals surface area contributed by atoms with Gasteiger partial charge in [-0.15, -0.1) is 0 Å². The molecule has 0 bridgehead atoms. The van der Waals surface area contributed by atoms with Gasteiger partial charge < -0.3 is 0 Å². The van der Waals surface area contributed by atoms with E-state index in [-0.39, 0.29) is 11.3 Å². The lowest BCUT2D eigenvalue weighted by Gasteiger charge is -2.29. The minimum atomic E-state index is 0.0437. The van der Waals surface area contributed by atoms with Crippen molar-refractivity contribution in [3.05, 3.63) is 35.9 Å². The Hall–Kier alpha value is -1.11. The quantitative estimate of drug-likeness (QED) is 0.671.